The fourth-order valence-corrected chi connectivity index (χ4v) is 7.96. The Hall–Kier alpha value is -0.930. The van der Waals surface area contributed by atoms with Crippen molar-refractivity contribution in [3.05, 3.63) is 23.3 Å². The zero-order chi connectivity index (χ0) is 21.0. The number of allylic oxidation sites excluding steroid dienone is 3. The third-order valence-electron chi connectivity index (χ3n) is 9.71. The summed E-state index contributed by atoms with van der Waals surface area (Å²) in [4.78, 5) is 11.3. The molecule has 2 N–H and O–H groups in total. The molecule has 0 aromatic heterocycles. The molecule has 0 aromatic rings. The molecule has 6 atom stereocenters. The Bertz CT molecular complexity index is 732. The Morgan fingerprint density at radius 3 is 2.62 bits per heavy atom. The van der Waals surface area contributed by atoms with Crippen molar-refractivity contribution in [2.45, 2.75) is 97.7 Å². The molecule has 0 bridgehead atoms. The predicted molar refractivity (Wildman–Crippen MR) is 116 cm³/mol. The summed E-state index contributed by atoms with van der Waals surface area (Å²) in [6.07, 6.45) is 14.6. The second-order valence-corrected chi connectivity index (χ2v) is 11.1. The number of carbonyl (C=O) groups excluding carboxylic acids is 1. The average molecular weight is 401 g/mol. The molecule has 0 spiro atoms. The first-order valence-corrected chi connectivity index (χ1v) is 12.0. The lowest BCUT2D eigenvalue weighted by Gasteiger charge is -2.58. The minimum atomic E-state index is -1.59. The quantitative estimate of drug-likeness (QED) is 0.594. The van der Waals surface area contributed by atoms with Gasteiger partial charge in [-0.2, -0.15) is 0 Å². The monoisotopic (exact) mass is 400 g/mol. The van der Waals surface area contributed by atoms with Crippen molar-refractivity contribution in [2.75, 3.05) is 0 Å². The van der Waals surface area contributed by atoms with Crippen LogP contribution in [0.4, 0.5) is 0 Å². The van der Waals surface area contributed by atoms with Crippen LogP contribution in [0.25, 0.3) is 0 Å². The van der Waals surface area contributed by atoms with E-state index in [1.165, 1.54) is 30.4 Å². The van der Waals surface area contributed by atoms with Crippen LogP contribution in [0.5, 0.6) is 0 Å². The Morgan fingerprint density at radius 2 is 1.90 bits per heavy atom. The first-order chi connectivity index (χ1) is 13.6. The van der Waals surface area contributed by atoms with Crippen molar-refractivity contribution < 1.29 is 15.0 Å². The van der Waals surface area contributed by atoms with E-state index in [9.17, 15) is 15.0 Å². The molecule has 3 fully saturated rings. The number of carbonyl (C=O) groups is 1. The van der Waals surface area contributed by atoms with Gasteiger partial charge in [0.1, 0.15) is 5.78 Å². The number of fused-ring (bicyclic) bond motifs is 5. The molecule has 0 saturated heterocycles. The molecule has 162 valence electrons. The molecule has 0 aliphatic heterocycles. The molecule has 3 heteroatoms. The molecular formula is C26H40O3. The van der Waals surface area contributed by atoms with Crippen molar-refractivity contribution in [3.63, 3.8) is 0 Å². The molecule has 0 radical (unpaired) electrons. The number of hydrogen-bond donors (Lipinski definition) is 2. The zero-order valence-corrected chi connectivity index (χ0v) is 18.8. The first-order valence-electron chi connectivity index (χ1n) is 12.0. The van der Waals surface area contributed by atoms with Gasteiger partial charge in [0.25, 0.3) is 0 Å². The second-order valence-electron chi connectivity index (χ2n) is 11.1. The van der Waals surface area contributed by atoms with Gasteiger partial charge in [-0.3, -0.25) is 0 Å². The van der Waals surface area contributed by atoms with Gasteiger partial charge in [0, 0.05) is 18.3 Å². The van der Waals surface area contributed by atoms with Crippen molar-refractivity contribution in [1.29, 1.82) is 0 Å². The van der Waals surface area contributed by atoms with E-state index in [0.717, 1.165) is 32.1 Å². The summed E-state index contributed by atoms with van der Waals surface area (Å²) in [6.45, 7) is 8.72. The predicted octanol–water partition coefficient (Wildman–Crippen LogP) is 5.56. The highest BCUT2D eigenvalue weighted by molar-refractivity contribution is 5.75. The van der Waals surface area contributed by atoms with Gasteiger partial charge in [0.15, 0.2) is 5.79 Å². The van der Waals surface area contributed by atoms with Gasteiger partial charge in [-0.25, -0.2) is 0 Å². The Morgan fingerprint density at radius 1 is 1.14 bits per heavy atom. The highest BCUT2D eigenvalue weighted by atomic mass is 16.5. The van der Waals surface area contributed by atoms with Crippen LogP contribution in [-0.2, 0) is 4.79 Å². The summed E-state index contributed by atoms with van der Waals surface area (Å²) in [5, 5.41) is 22.0. The van der Waals surface area contributed by atoms with Crippen LogP contribution in [0, 0.1) is 34.5 Å². The second kappa shape index (κ2) is 7.34. The van der Waals surface area contributed by atoms with Crippen LogP contribution in [-0.4, -0.2) is 21.8 Å². The molecule has 0 amide bonds. The number of aliphatic hydroxyl groups is 2. The number of ketones is 1. The molecule has 3 nitrogen and oxygen atoms in total. The average Bonchev–Trinajstić information content (AvgIpc) is 2.99. The Labute approximate surface area is 176 Å². The highest BCUT2D eigenvalue weighted by Gasteiger charge is 2.61. The van der Waals surface area contributed by atoms with Crippen LogP contribution in [0.3, 0.4) is 0 Å². The van der Waals surface area contributed by atoms with Crippen LogP contribution in [0.2, 0.25) is 0 Å². The molecule has 4 rings (SSSR count). The lowest BCUT2D eigenvalue weighted by molar-refractivity contribution is -0.254. The molecule has 4 aliphatic carbocycles. The number of hydrogen-bond acceptors (Lipinski definition) is 3. The van der Waals surface area contributed by atoms with Gasteiger partial charge < -0.3 is 15.0 Å². The number of rotatable bonds is 5. The third-order valence-corrected chi connectivity index (χ3v) is 9.71. The maximum atomic E-state index is 11.3. The molecule has 29 heavy (non-hydrogen) atoms. The maximum absolute atomic E-state index is 11.3. The van der Waals surface area contributed by atoms with Crippen LogP contribution >= 0.6 is 0 Å². The van der Waals surface area contributed by atoms with E-state index in [0.29, 0.717) is 41.8 Å². The van der Waals surface area contributed by atoms with Crippen molar-refractivity contribution >= 4 is 5.78 Å². The highest BCUT2D eigenvalue weighted by Crippen LogP contribution is 2.67. The zero-order valence-electron chi connectivity index (χ0n) is 18.8. The van der Waals surface area contributed by atoms with Crippen molar-refractivity contribution in [1.82, 2.24) is 0 Å². The molecule has 3 saturated carbocycles. The standard InChI is InChI=1S/C26H40O3/c1-17(7-5-8-18(2)27)21-12-13-22-20-11-10-19-9-6-15-26(28,29)25(19,4)23(20)14-16-24(21,22)3/h10-11,17,21-23,28-29H,5-9,12-16H2,1-4H3/t17-,21-,22+,23+,24-,25+/m1/s1. The lowest BCUT2D eigenvalue weighted by atomic mass is 9.48. The summed E-state index contributed by atoms with van der Waals surface area (Å²) < 4.78 is 0. The van der Waals surface area contributed by atoms with Gasteiger partial charge in [-0.15, -0.1) is 0 Å². The van der Waals surface area contributed by atoms with E-state index in [2.05, 4.69) is 32.9 Å². The minimum absolute atomic E-state index is 0.266. The lowest BCUT2D eigenvalue weighted by Crippen LogP contribution is -2.57. The topological polar surface area (TPSA) is 57.5 Å². The van der Waals surface area contributed by atoms with Gasteiger partial charge in [0.2, 0.25) is 0 Å². The largest absolute Gasteiger partial charge is 0.365 e. The smallest absolute Gasteiger partial charge is 0.172 e. The van der Waals surface area contributed by atoms with E-state index in [1.54, 1.807) is 6.92 Å². The summed E-state index contributed by atoms with van der Waals surface area (Å²) in [6, 6.07) is 0. The summed E-state index contributed by atoms with van der Waals surface area (Å²) >= 11 is 0. The van der Waals surface area contributed by atoms with E-state index in [1.807, 2.05) is 0 Å². The molecule has 4 aliphatic rings. The Balaban J connectivity index is 1.58. The van der Waals surface area contributed by atoms with Crippen LogP contribution in [0.15, 0.2) is 23.3 Å². The Kier molecular flexibility index (Phi) is 5.39. The fraction of sp³-hybridized carbons (Fsp3) is 0.808. The first kappa shape index (κ1) is 21.3. The van der Waals surface area contributed by atoms with E-state index in [-0.39, 0.29) is 5.92 Å². The minimum Gasteiger partial charge on any atom is -0.365 e. The third kappa shape index (κ3) is 3.19. The van der Waals surface area contributed by atoms with Crippen molar-refractivity contribution in [3.8, 4) is 0 Å². The summed E-state index contributed by atoms with van der Waals surface area (Å²) in [5.74, 6) is 0.902. The van der Waals surface area contributed by atoms with Crippen molar-refractivity contribution in [2.24, 2.45) is 34.5 Å². The van der Waals surface area contributed by atoms with Gasteiger partial charge >= 0.3 is 0 Å². The molecule has 0 unspecified atom stereocenters. The molecular weight excluding hydrogens is 360 g/mol. The van der Waals surface area contributed by atoms with E-state index in [4.69, 9.17) is 0 Å². The number of Topliss-reactive ketones (excluding diaryl/α,β-unsaturated/α-hetero) is 1. The fourth-order valence-electron chi connectivity index (χ4n) is 7.96. The van der Waals surface area contributed by atoms with E-state index >= 15 is 0 Å². The normalized spacial score (nSPS) is 41.5. The van der Waals surface area contributed by atoms with Gasteiger partial charge in [0.05, 0.1) is 0 Å². The maximum Gasteiger partial charge on any atom is 0.172 e. The SMILES string of the molecule is CC(=O)CCC[C@@H](C)[C@H]1CC[C@H]2C3=CC=C4CCCC(O)(O)[C@]4(C)[C@H]3CC[C@]12C. The van der Waals surface area contributed by atoms with Gasteiger partial charge in [-0.05, 0) is 81.0 Å². The van der Waals surface area contributed by atoms with E-state index < -0.39 is 11.2 Å². The molecule has 0 heterocycles. The van der Waals surface area contributed by atoms with Gasteiger partial charge in [-0.1, -0.05) is 50.5 Å². The molecule has 0 aromatic carbocycles. The van der Waals surface area contributed by atoms with Crippen LogP contribution in [0.1, 0.15) is 91.9 Å². The summed E-state index contributed by atoms with van der Waals surface area (Å²) in [7, 11) is 0. The summed E-state index contributed by atoms with van der Waals surface area (Å²) in [5.41, 5.74) is 2.53. The van der Waals surface area contributed by atoms with Crippen LogP contribution < -0.4 is 0 Å².